The number of hydrogen-bond donors (Lipinski definition) is 1. The summed E-state index contributed by atoms with van der Waals surface area (Å²) < 4.78 is 11.3. The van der Waals surface area contributed by atoms with Gasteiger partial charge in [0.15, 0.2) is 0 Å². The molecule has 1 aliphatic rings. The number of carbonyl (C=O) groups excluding carboxylic acids is 1. The predicted octanol–water partition coefficient (Wildman–Crippen LogP) is 4.49. The normalized spacial score (nSPS) is 15.8. The van der Waals surface area contributed by atoms with E-state index in [1.165, 1.54) is 0 Å². The lowest BCUT2D eigenvalue weighted by Crippen LogP contribution is -2.44. The van der Waals surface area contributed by atoms with Crippen molar-refractivity contribution in [3.05, 3.63) is 65.0 Å². The van der Waals surface area contributed by atoms with Crippen LogP contribution in [0.3, 0.4) is 0 Å². The van der Waals surface area contributed by atoms with Gasteiger partial charge in [0.05, 0.1) is 12.6 Å². The van der Waals surface area contributed by atoms with Crippen LogP contribution in [-0.2, 0) is 11.3 Å². The molecule has 0 spiro atoms. The van der Waals surface area contributed by atoms with Crippen molar-refractivity contribution < 1.29 is 14.1 Å². The van der Waals surface area contributed by atoms with Gasteiger partial charge in [-0.05, 0) is 75.7 Å². The molecule has 2 heterocycles. The van der Waals surface area contributed by atoms with Gasteiger partial charge in [0, 0.05) is 16.5 Å². The zero-order valence-electron chi connectivity index (χ0n) is 19.0. The Balaban J connectivity index is 1.20. The smallest absolute Gasteiger partial charge is 0.241 e. The molecule has 0 radical (unpaired) electrons. The van der Waals surface area contributed by atoms with Crippen LogP contribution in [0.2, 0.25) is 5.02 Å². The number of aryl methyl sites for hydroxylation is 1. The molecular weight excluding hydrogens is 440 g/mol. The summed E-state index contributed by atoms with van der Waals surface area (Å²) in [5.41, 5.74) is 1.95. The second-order valence-electron chi connectivity index (χ2n) is 8.56. The molecule has 0 bridgehead atoms. The summed E-state index contributed by atoms with van der Waals surface area (Å²) in [5, 5.41) is 7.84. The molecule has 1 saturated heterocycles. The maximum atomic E-state index is 12.7. The van der Waals surface area contributed by atoms with E-state index in [1.807, 2.05) is 50.2 Å². The van der Waals surface area contributed by atoms with Crippen LogP contribution < -0.4 is 10.1 Å². The van der Waals surface area contributed by atoms with E-state index in [0.29, 0.717) is 29.9 Å². The van der Waals surface area contributed by atoms with E-state index < -0.39 is 0 Å². The van der Waals surface area contributed by atoms with Gasteiger partial charge in [0.25, 0.3) is 0 Å². The van der Waals surface area contributed by atoms with Crippen LogP contribution in [0.5, 0.6) is 5.75 Å². The van der Waals surface area contributed by atoms with Gasteiger partial charge in [-0.25, -0.2) is 0 Å². The number of hydrogen-bond acceptors (Lipinski definition) is 6. The lowest BCUT2D eigenvalue weighted by atomic mass is 9.95. The van der Waals surface area contributed by atoms with Crippen molar-refractivity contribution in [1.29, 1.82) is 0 Å². The maximum Gasteiger partial charge on any atom is 0.241 e. The molecule has 1 atom stereocenters. The lowest BCUT2D eigenvalue weighted by Gasteiger charge is -2.30. The summed E-state index contributed by atoms with van der Waals surface area (Å²) in [6, 6.07) is 15.2. The van der Waals surface area contributed by atoms with Gasteiger partial charge in [-0.3, -0.25) is 9.69 Å². The largest absolute Gasteiger partial charge is 0.491 e. The summed E-state index contributed by atoms with van der Waals surface area (Å²) in [5.74, 6) is 2.09. The van der Waals surface area contributed by atoms with Gasteiger partial charge in [-0.1, -0.05) is 35.0 Å². The van der Waals surface area contributed by atoms with E-state index >= 15 is 0 Å². The summed E-state index contributed by atoms with van der Waals surface area (Å²) in [4.78, 5) is 19.4. The Morgan fingerprint density at radius 2 is 1.94 bits per heavy atom. The summed E-state index contributed by atoms with van der Waals surface area (Å²) in [6.07, 6.45) is 1.60. The number of rotatable bonds is 8. The van der Waals surface area contributed by atoms with Crippen LogP contribution in [0.15, 0.2) is 53.1 Å². The van der Waals surface area contributed by atoms with Crippen molar-refractivity contribution in [2.75, 3.05) is 19.7 Å². The van der Waals surface area contributed by atoms with Crippen molar-refractivity contribution in [1.82, 2.24) is 20.4 Å². The fraction of sp³-hybridized carbons (Fsp3) is 0.400. The minimum Gasteiger partial charge on any atom is -0.491 e. The first-order valence-electron chi connectivity index (χ1n) is 11.3. The number of benzene rings is 2. The number of halogens is 1. The van der Waals surface area contributed by atoms with E-state index in [-0.39, 0.29) is 17.9 Å². The monoisotopic (exact) mass is 468 g/mol. The standard InChI is InChI=1S/C25H29ClN4O3/c1-17-5-3-4-6-22(17)32-16-18(2)27-25(31)20-11-13-30(14-12-20)15-23-28-24(29-33-23)19-7-9-21(26)10-8-19/h3-10,18,20H,11-16H2,1-2H3,(H,27,31). The molecule has 33 heavy (non-hydrogen) atoms. The van der Waals surface area contributed by atoms with Gasteiger partial charge < -0.3 is 14.6 Å². The number of amides is 1. The fourth-order valence-corrected chi connectivity index (χ4v) is 4.04. The Bertz CT molecular complexity index is 1060. The van der Waals surface area contributed by atoms with Gasteiger partial charge in [0.2, 0.25) is 17.6 Å². The SMILES string of the molecule is Cc1ccccc1OCC(C)NC(=O)C1CCN(Cc2nc(-c3ccc(Cl)cc3)no2)CC1. The molecule has 3 aromatic rings. The maximum absolute atomic E-state index is 12.7. The van der Waals surface area contributed by atoms with Crippen LogP contribution in [0.1, 0.15) is 31.2 Å². The number of nitrogens with zero attached hydrogens (tertiary/aromatic N) is 3. The third-order valence-electron chi connectivity index (χ3n) is 5.86. The lowest BCUT2D eigenvalue weighted by molar-refractivity contribution is -0.127. The molecule has 1 amide bonds. The number of nitrogens with one attached hydrogen (secondary N) is 1. The number of aromatic nitrogens is 2. The predicted molar refractivity (Wildman–Crippen MR) is 127 cm³/mol. The molecule has 8 heteroatoms. The van der Waals surface area contributed by atoms with E-state index in [4.69, 9.17) is 20.9 Å². The Morgan fingerprint density at radius 1 is 1.21 bits per heavy atom. The molecule has 1 fully saturated rings. The molecule has 1 aliphatic heterocycles. The Morgan fingerprint density at radius 3 is 2.67 bits per heavy atom. The molecule has 2 aromatic carbocycles. The first-order chi connectivity index (χ1) is 16.0. The average Bonchev–Trinajstić information content (AvgIpc) is 3.28. The molecule has 1 aromatic heterocycles. The zero-order chi connectivity index (χ0) is 23.2. The second kappa shape index (κ2) is 10.8. The topological polar surface area (TPSA) is 80.5 Å². The van der Waals surface area contributed by atoms with Crippen molar-refractivity contribution in [2.45, 2.75) is 39.3 Å². The highest BCUT2D eigenvalue weighted by Crippen LogP contribution is 2.22. The van der Waals surface area contributed by atoms with Crippen LogP contribution in [0, 0.1) is 12.8 Å². The third-order valence-corrected chi connectivity index (χ3v) is 6.11. The minimum atomic E-state index is -0.0557. The molecule has 1 N–H and O–H groups in total. The summed E-state index contributed by atoms with van der Waals surface area (Å²) in [7, 11) is 0. The Hall–Kier alpha value is -2.90. The minimum absolute atomic E-state index is 0.00877. The van der Waals surface area contributed by atoms with Gasteiger partial charge in [0.1, 0.15) is 12.4 Å². The Kier molecular flexibility index (Phi) is 7.62. The van der Waals surface area contributed by atoms with Gasteiger partial charge >= 0.3 is 0 Å². The fourth-order valence-electron chi connectivity index (χ4n) is 3.92. The van der Waals surface area contributed by atoms with E-state index in [0.717, 1.165) is 42.8 Å². The van der Waals surface area contributed by atoms with Crippen molar-refractivity contribution in [3.8, 4) is 17.1 Å². The molecular formula is C25H29ClN4O3. The molecule has 4 rings (SSSR count). The summed E-state index contributed by atoms with van der Waals surface area (Å²) in [6.45, 7) is 6.63. The molecule has 7 nitrogen and oxygen atoms in total. The summed E-state index contributed by atoms with van der Waals surface area (Å²) >= 11 is 5.94. The van der Waals surface area contributed by atoms with Gasteiger partial charge in [-0.2, -0.15) is 4.98 Å². The highest BCUT2D eigenvalue weighted by atomic mass is 35.5. The highest BCUT2D eigenvalue weighted by molar-refractivity contribution is 6.30. The number of likely N-dealkylation sites (tertiary alicyclic amines) is 1. The van der Waals surface area contributed by atoms with Gasteiger partial charge in [-0.15, -0.1) is 0 Å². The number of piperidine rings is 1. The van der Waals surface area contributed by atoms with Crippen molar-refractivity contribution in [2.24, 2.45) is 5.92 Å². The first kappa shape index (κ1) is 23.3. The quantitative estimate of drug-likeness (QED) is 0.524. The number of ether oxygens (including phenoxy) is 1. The van der Waals surface area contributed by atoms with Crippen LogP contribution >= 0.6 is 11.6 Å². The Labute approximate surface area is 199 Å². The van der Waals surface area contributed by atoms with Crippen LogP contribution in [0.4, 0.5) is 0 Å². The molecule has 0 aliphatic carbocycles. The third kappa shape index (κ3) is 6.33. The molecule has 1 unspecified atom stereocenters. The average molecular weight is 469 g/mol. The van der Waals surface area contributed by atoms with Crippen molar-refractivity contribution in [3.63, 3.8) is 0 Å². The van der Waals surface area contributed by atoms with Crippen LogP contribution in [-0.4, -0.2) is 46.7 Å². The van der Waals surface area contributed by atoms with Crippen LogP contribution in [0.25, 0.3) is 11.4 Å². The van der Waals surface area contributed by atoms with E-state index in [9.17, 15) is 4.79 Å². The zero-order valence-corrected chi connectivity index (χ0v) is 19.7. The highest BCUT2D eigenvalue weighted by Gasteiger charge is 2.27. The number of carbonyl (C=O) groups is 1. The number of para-hydroxylation sites is 1. The molecule has 0 saturated carbocycles. The molecule has 174 valence electrons. The second-order valence-corrected chi connectivity index (χ2v) is 8.99. The van der Waals surface area contributed by atoms with Crippen molar-refractivity contribution >= 4 is 17.5 Å². The first-order valence-corrected chi connectivity index (χ1v) is 11.7. The van der Waals surface area contributed by atoms with E-state index in [1.54, 1.807) is 12.1 Å². The van der Waals surface area contributed by atoms with E-state index in [2.05, 4.69) is 20.4 Å².